The zero-order valence-corrected chi connectivity index (χ0v) is 16.6. The summed E-state index contributed by atoms with van der Waals surface area (Å²) in [5.41, 5.74) is 2.57. The van der Waals surface area contributed by atoms with Gasteiger partial charge in [-0.1, -0.05) is 18.2 Å². The highest BCUT2D eigenvalue weighted by Crippen LogP contribution is 2.36. The maximum atomic E-state index is 12.8. The molecule has 0 amide bonds. The van der Waals surface area contributed by atoms with Crippen LogP contribution in [0.5, 0.6) is 5.75 Å². The molecule has 1 aliphatic heterocycles. The van der Waals surface area contributed by atoms with E-state index in [1.165, 1.54) is 28.8 Å². The van der Waals surface area contributed by atoms with E-state index in [0.29, 0.717) is 35.4 Å². The van der Waals surface area contributed by atoms with Gasteiger partial charge in [0.2, 0.25) is 10.0 Å². The van der Waals surface area contributed by atoms with Gasteiger partial charge in [-0.2, -0.15) is 4.31 Å². The van der Waals surface area contributed by atoms with Crippen LogP contribution in [0.2, 0.25) is 0 Å². The highest BCUT2D eigenvalue weighted by Gasteiger charge is 2.32. The Morgan fingerprint density at radius 3 is 2.63 bits per heavy atom. The van der Waals surface area contributed by atoms with Crippen molar-refractivity contribution in [1.82, 2.24) is 19.3 Å². The number of para-hydroxylation sites is 1. The van der Waals surface area contributed by atoms with Crippen LogP contribution in [0.15, 0.2) is 42.7 Å². The molecule has 158 valence electrons. The molecule has 1 N–H and O–H groups in total. The highest BCUT2D eigenvalue weighted by molar-refractivity contribution is 7.88. The van der Waals surface area contributed by atoms with Crippen molar-refractivity contribution in [2.24, 2.45) is 0 Å². The van der Waals surface area contributed by atoms with E-state index >= 15 is 0 Å². The van der Waals surface area contributed by atoms with E-state index in [2.05, 4.69) is 19.7 Å². The first-order valence-electron chi connectivity index (χ1n) is 8.95. The van der Waals surface area contributed by atoms with Gasteiger partial charge in [-0.25, -0.2) is 18.4 Å². The van der Waals surface area contributed by atoms with Crippen molar-refractivity contribution < 1.29 is 26.3 Å². The first kappa shape index (κ1) is 20.4. The monoisotopic (exact) mass is 438 g/mol. The fourth-order valence-electron chi connectivity index (χ4n) is 3.40. The second kappa shape index (κ2) is 7.40. The summed E-state index contributed by atoms with van der Waals surface area (Å²) < 4.78 is 67.3. The number of H-pyrrole nitrogens is 1. The largest absolute Gasteiger partial charge is 0.573 e. The molecule has 1 aromatic carbocycles. The number of alkyl halides is 3. The van der Waals surface area contributed by atoms with Crippen molar-refractivity contribution in [3.05, 3.63) is 48.4 Å². The number of nitrogens with zero attached hydrogens (tertiary/aromatic N) is 3. The molecular formula is C19H17F3N4O3S. The number of halogens is 3. The Kier molecular flexibility index (Phi) is 5.02. The van der Waals surface area contributed by atoms with E-state index in [4.69, 9.17) is 0 Å². The van der Waals surface area contributed by atoms with Gasteiger partial charge in [0.15, 0.2) is 0 Å². The zero-order valence-electron chi connectivity index (χ0n) is 15.8. The molecule has 3 aromatic rings. The zero-order chi connectivity index (χ0) is 21.5. The van der Waals surface area contributed by atoms with E-state index in [1.54, 1.807) is 12.1 Å². The van der Waals surface area contributed by atoms with Crippen LogP contribution >= 0.6 is 0 Å². The summed E-state index contributed by atoms with van der Waals surface area (Å²) in [4.78, 5) is 11.5. The lowest BCUT2D eigenvalue weighted by Gasteiger charge is -2.23. The molecule has 2 aromatic heterocycles. The molecule has 3 heterocycles. The third-order valence-corrected chi connectivity index (χ3v) is 6.05. The van der Waals surface area contributed by atoms with Gasteiger partial charge < -0.3 is 9.72 Å². The summed E-state index contributed by atoms with van der Waals surface area (Å²) in [6, 6.07) is 7.54. The number of hydrogen-bond donors (Lipinski definition) is 1. The van der Waals surface area contributed by atoms with Gasteiger partial charge in [-0.15, -0.1) is 13.2 Å². The summed E-state index contributed by atoms with van der Waals surface area (Å²) in [5.74, 6) is -0.353. The predicted molar refractivity (Wildman–Crippen MR) is 105 cm³/mol. The van der Waals surface area contributed by atoms with Crippen molar-refractivity contribution in [3.63, 3.8) is 0 Å². The van der Waals surface area contributed by atoms with E-state index in [1.807, 2.05) is 6.08 Å². The lowest BCUT2D eigenvalue weighted by molar-refractivity contribution is -0.274. The summed E-state index contributed by atoms with van der Waals surface area (Å²) >= 11 is 0. The Bertz CT molecular complexity index is 1240. The maximum Gasteiger partial charge on any atom is 0.573 e. The first-order valence-corrected chi connectivity index (χ1v) is 10.8. The molecule has 11 heteroatoms. The third kappa shape index (κ3) is 4.17. The summed E-state index contributed by atoms with van der Waals surface area (Å²) in [6.45, 7) is 0.602. The van der Waals surface area contributed by atoms with E-state index in [9.17, 15) is 21.6 Å². The second-order valence-electron chi connectivity index (χ2n) is 6.81. The van der Waals surface area contributed by atoms with Crippen LogP contribution in [0.4, 0.5) is 13.2 Å². The number of aromatic amines is 1. The summed E-state index contributed by atoms with van der Waals surface area (Å²) in [5, 5.41) is 0.539. The van der Waals surface area contributed by atoms with Gasteiger partial charge in [0, 0.05) is 29.7 Å². The molecule has 0 radical (unpaired) electrons. The fraction of sp³-hybridized carbons (Fsp3) is 0.263. The quantitative estimate of drug-likeness (QED) is 0.673. The van der Waals surface area contributed by atoms with Gasteiger partial charge in [0.05, 0.1) is 11.9 Å². The minimum absolute atomic E-state index is 0.189. The molecule has 0 aliphatic carbocycles. The van der Waals surface area contributed by atoms with Gasteiger partial charge in [-0.3, -0.25) is 0 Å². The Balaban J connectivity index is 1.74. The molecule has 0 spiro atoms. The smallest absolute Gasteiger partial charge is 0.405 e. The molecule has 1 aliphatic rings. The SMILES string of the molecule is CS(=O)(=O)N1CC=C(c2cc3c(-c4ccccc4OC(F)(F)F)ncnc3[nH]2)CC1. The van der Waals surface area contributed by atoms with Crippen molar-refractivity contribution in [2.45, 2.75) is 12.8 Å². The maximum absolute atomic E-state index is 12.8. The third-order valence-electron chi connectivity index (χ3n) is 4.78. The van der Waals surface area contributed by atoms with Crippen LogP contribution < -0.4 is 4.74 Å². The molecule has 0 saturated carbocycles. The number of hydrogen-bond acceptors (Lipinski definition) is 5. The number of aromatic nitrogens is 3. The molecule has 7 nitrogen and oxygen atoms in total. The van der Waals surface area contributed by atoms with Crippen LogP contribution in [0.3, 0.4) is 0 Å². The van der Waals surface area contributed by atoms with Gasteiger partial charge >= 0.3 is 6.36 Å². The van der Waals surface area contributed by atoms with Crippen LogP contribution in [0.25, 0.3) is 27.9 Å². The molecule has 0 atom stereocenters. The number of fused-ring (bicyclic) bond motifs is 1. The molecule has 0 bridgehead atoms. The van der Waals surface area contributed by atoms with Gasteiger partial charge in [0.25, 0.3) is 0 Å². The van der Waals surface area contributed by atoms with Crippen LogP contribution in [0.1, 0.15) is 12.1 Å². The first-order chi connectivity index (χ1) is 14.1. The minimum atomic E-state index is -4.83. The highest BCUT2D eigenvalue weighted by atomic mass is 32.2. The van der Waals surface area contributed by atoms with Crippen LogP contribution in [-0.4, -0.2) is 53.4 Å². The molecule has 4 rings (SSSR count). The molecule has 0 saturated heterocycles. The second-order valence-corrected chi connectivity index (χ2v) is 8.79. The van der Waals surface area contributed by atoms with Crippen molar-refractivity contribution >= 4 is 26.6 Å². The average molecular weight is 438 g/mol. The van der Waals surface area contributed by atoms with E-state index in [0.717, 1.165) is 11.8 Å². The Hall–Kier alpha value is -2.92. The normalized spacial score (nSPS) is 15.9. The lowest BCUT2D eigenvalue weighted by Crippen LogP contribution is -2.33. The van der Waals surface area contributed by atoms with Crippen LogP contribution in [0, 0.1) is 0 Å². The number of sulfonamides is 1. The van der Waals surface area contributed by atoms with Crippen LogP contribution in [-0.2, 0) is 10.0 Å². The fourth-order valence-corrected chi connectivity index (χ4v) is 4.17. The number of rotatable bonds is 4. The number of benzene rings is 1. The van der Waals surface area contributed by atoms with Gasteiger partial charge in [-0.05, 0) is 30.2 Å². The Morgan fingerprint density at radius 1 is 1.20 bits per heavy atom. The van der Waals surface area contributed by atoms with Crippen molar-refractivity contribution in [1.29, 1.82) is 0 Å². The number of ether oxygens (including phenoxy) is 1. The van der Waals surface area contributed by atoms with Gasteiger partial charge in [0.1, 0.15) is 17.7 Å². The standard InChI is InChI=1S/C19H17F3N4O3S/c1-30(27,28)26-8-6-12(7-9-26)15-10-14-17(23-11-24-18(14)25-15)13-4-2-3-5-16(13)29-19(20,21)22/h2-6,10-11H,7-9H2,1H3,(H,23,24,25). The molecule has 30 heavy (non-hydrogen) atoms. The lowest BCUT2D eigenvalue weighted by atomic mass is 10.0. The predicted octanol–water partition coefficient (Wildman–Crippen LogP) is 3.57. The van der Waals surface area contributed by atoms with Crippen molar-refractivity contribution in [3.8, 4) is 17.0 Å². The summed E-state index contributed by atoms with van der Waals surface area (Å²) in [6.07, 6.45) is -0.0937. The summed E-state index contributed by atoms with van der Waals surface area (Å²) in [7, 11) is -3.27. The Morgan fingerprint density at radius 2 is 1.97 bits per heavy atom. The van der Waals surface area contributed by atoms with E-state index in [-0.39, 0.29) is 17.9 Å². The van der Waals surface area contributed by atoms with E-state index < -0.39 is 16.4 Å². The minimum Gasteiger partial charge on any atom is -0.405 e. The van der Waals surface area contributed by atoms with Crippen molar-refractivity contribution in [2.75, 3.05) is 19.3 Å². The molecule has 0 fully saturated rings. The topological polar surface area (TPSA) is 88.2 Å². The average Bonchev–Trinajstić information content (AvgIpc) is 3.11. The Labute approximate surface area is 170 Å². The molecule has 0 unspecified atom stereocenters. The molecular weight excluding hydrogens is 421 g/mol. The number of nitrogens with one attached hydrogen (secondary N) is 1.